The molecule has 7 nitrogen and oxygen atoms in total. The molecule has 2 heterocycles. The maximum atomic E-state index is 14.7. The highest BCUT2D eigenvalue weighted by atomic mass is 127. The first-order valence-corrected chi connectivity index (χ1v) is 12.4. The van der Waals surface area contributed by atoms with Crippen molar-refractivity contribution in [1.82, 2.24) is 14.5 Å². The Hall–Kier alpha value is -2.57. The molecular formula is C19H16FIN5O2P. The van der Waals surface area contributed by atoms with Gasteiger partial charge in [0.25, 0.3) is 5.91 Å². The van der Waals surface area contributed by atoms with Crippen LogP contribution in [0.2, 0.25) is 0 Å². The van der Waals surface area contributed by atoms with E-state index in [9.17, 15) is 14.4 Å². The fraction of sp³-hybridized carbons (Fsp3) is 0.158. The largest absolute Gasteiger partial charge is 0.481 e. The molecule has 0 aliphatic rings. The Bertz CT molecular complexity index is 1160. The number of anilines is 1. The number of aryl methyl sites for hydroxylation is 2. The van der Waals surface area contributed by atoms with E-state index in [0.29, 0.717) is 33.9 Å². The van der Waals surface area contributed by atoms with E-state index in [4.69, 9.17) is 4.74 Å². The van der Waals surface area contributed by atoms with E-state index in [-0.39, 0.29) is 11.9 Å². The summed E-state index contributed by atoms with van der Waals surface area (Å²) in [6.07, 6.45) is 3.00. The number of carbonyl (C=O) groups is 1. The van der Waals surface area contributed by atoms with Crippen LogP contribution in [0.25, 0.3) is 17.0 Å². The molecule has 3 rings (SSSR count). The van der Waals surface area contributed by atoms with E-state index in [1.54, 1.807) is 42.7 Å². The number of halogens is 2. The van der Waals surface area contributed by atoms with Gasteiger partial charge in [0.05, 0.1) is 42.1 Å². The van der Waals surface area contributed by atoms with E-state index >= 15 is 0 Å². The average Bonchev–Trinajstić information content (AvgIpc) is 3.13. The van der Waals surface area contributed by atoms with Crippen LogP contribution in [0, 0.1) is 25.2 Å². The van der Waals surface area contributed by atoms with Crippen molar-refractivity contribution < 1.29 is 13.9 Å². The van der Waals surface area contributed by atoms with Crippen molar-refractivity contribution in [3.05, 3.63) is 52.6 Å². The molecule has 1 unspecified atom stereocenters. The van der Waals surface area contributed by atoms with E-state index in [0.717, 1.165) is 11.5 Å². The zero-order chi connectivity index (χ0) is 21.1. The van der Waals surface area contributed by atoms with Gasteiger partial charge < -0.3 is 10.1 Å². The minimum Gasteiger partial charge on any atom is -0.481 e. The number of pyridine rings is 1. The van der Waals surface area contributed by atoms with Gasteiger partial charge >= 0.3 is 0 Å². The van der Waals surface area contributed by atoms with Crippen molar-refractivity contribution in [2.24, 2.45) is 0 Å². The maximum absolute atomic E-state index is 14.7. The van der Waals surface area contributed by atoms with E-state index in [1.165, 1.54) is 7.11 Å². The second-order valence-corrected chi connectivity index (χ2v) is 8.15. The van der Waals surface area contributed by atoms with Gasteiger partial charge in [-0.1, -0.05) is 12.1 Å². The number of carbonyl (C=O) groups excluding carboxylic acids is 1. The topological polar surface area (TPSA) is 92.8 Å². The Morgan fingerprint density at radius 2 is 2.21 bits per heavy atom. The third-order valence-electron chi connectivity index (χ3n) is 4.28. The van der Waals surface area contributed by atoms with Gasteiger partial charge in [0.1, 0.15) is 6.07 Å². The number of nitriles is 1. The van der Waals surface area contributed by atoms with Crippen LogP contribution in [-0.4, -0.2) is 27.6 Å². The Morgan fingerprint density at radius 3 is 2.83 bits per heavy atom. The second-order valence-electron chi connectivity index (χ2n) is 6.11. The zero-order valence-electron chi connectivity index (χ0n) is 15.7. The zero-order valence-corrected chi connectivity index (χ0v) is 18.9. The summed E-state index contributed by atoms with van der Waals surface area (Å²) in [5.41, 5.74) is 2.82. The minimum atomic E-state index is -1.02. The number of hydrogen-bond acceptors (Lipinski definition) is 5. The quantitative estimate of drug-likeness (QED) is 0.298. The van der Waals surface area contributed by atoms with Gasteiger partial charge in [0.15, 0.2) is 5.83 Å². The fourth-order valence-corrected chi connectivity index (χ4v) is 4.42. The number of ether oxygens (including phenoxy) is 1. The molecule has 1 N–H and O–H groups in total. The smallest absolute Gasteiger partial charge is 0.284 e. The molecular weight excluding hydrogens is 507 g/mol. The van der Waals surface area contributed by atoms with Gasteiger partial charge in [-0.15, -0.1) is 0 Å². The Morgan fingerprint density at radius 1 is 1.45 bits per heavy atom. The van der Waals surface area contributed by atoms with Gasteiger partial charge in [0, 0.05) is 11.5 Å². The molecule has 1 atom stereocenters. The highest BCUT2D eigenvalue weighted by molar-refractivity contribution is 14.2. The van der Waals surface area contributed by atoms with Crippen LogP contribution < -0.4 is 10.1 Å². The molecule has 1 aromatic carbocycles. The average molecular weight is 523 g/mol. The molecule has 0 saturated heterocycles. The highest BCUT2D eigenvalue weighted by Gasteiger charge is 2.17. The predicted molar refractivity (Wildman–Crippen MR) is 120 cm³/mol. The number of benzene rings is 1. The van der Waals surface area contributed by atoms with Crippen molar-refractivity contribution in [2.75, 3.05) is 12.4 Å². The van der Waals surface area contributed by atoms with E-state index in [1.807, 2.05) is 0 Å². The summed E-state index contributed by atoms with van der Waals surface area (Å²) in [6, 6.07) is 7.09. The summed E-state index contributed by atoms with van der Waals surface area (Å²) in [5.74, 6) is -1.52. The number of methoxy groups -OCH3 is 1. The molecule has 0 fully saturated rings. The molecule has 29 heavy (non-hydrogen) atoms. The SMILES string of the molecule is COc1cc(C)c(NC(=O)/C(F)=C/c2ccc3cnn(PI)c3c2C#N)c(C)n1. The van der Waals surface area contributed by atoms with Crippen LogP contribution in [0.3, 0.4) is 0 Å². The number of amides is 1. The first kappa shape index (κ1) is 21.1. The molecule has 0 radical (unpaired) electrons. The predicted octanol–water partition coefficient (Wildman–Crippen LogP) is 4.67. The molecule has 0 spiro atoms. The van der Waals surface area contributed by atoms with Crippen molar-refractivity contribution in [3.8, 4) is 11.9 Å². The third kappa shape index (κ3) is 4.23. The van der Waals surface area contributed by atoms with Crippen molar-refractivity contribution in [2.45, 2.75) is 13.8 Å². The van der Waals surface area contributed by atoms with Crippen LogP contribution in [0.4, 0.5) is 10.1 Å². The summed E-state index contributed by atoms with van der Waals surface area (Å²) < 4.78 is 21.4. The Kier molecular flexibility index (Phi) is 6.45. The molecule has 0 aliphatic carbocycles. The maximum Gasteiger partial charge on any atom is 0.284 e. The second kappa shape index (κ2) is 8.84. The Labute approximate surface area is 181 Å². The number of nitrogens with zero attached hydrogens (tertiary/aromatic N) is 4. The van der Waals surface area contributed by atoms with Crippen LogP contribution in [0.5, 0.6) is 5.88 Å². The number of nitrogens with one attached hydrogen (secondary N) is 1. The van der Waals surface area contributed by atoms with Crippen LogP contribution in [-0.2, 0) is 4.79 Å². The standard InChI is InChI=1S/C19H16FIN5O2P/c1-10-6-16(28-3)24-11(2)17(10)25-19(27)15(20)7-12-4-5-13-9-23-26(29-21)18(13)14(12)8-22/h4-7,9,29H,1-3H3,(H,25,27)/b15-7-. The lowest BCUT2D eigenvalue weighted by Crippen LogP contribution is -2.14. The van der Waals surface area contributed by atoms with Crippen molar-refractivity contribution in [1.29, 1.82) is 5.26 Å². The summed E-state index contributed by atoms with van der Waals surface area (Å²) in [6.45, 7) is 3.46. The summed E-state index contributed by atoms with van der Waals surface area (Å²) in [4.78, 5) is 16.6. The Balaban J connectivity index is 1.96. The lowest BCUT2D eigenvalue weighted by Gasteiger charge is -2.12. The summed E-state index contributed by atoms with van der Waals surface area (Å²) >= 11 is 2.15. The number of fused-ring (bicyclic) bond motifs is 1. The van der Waals surface area contributed by atoms with Crippen LogP contribution in [0.15, 0.2) is 30.2 Å². The van der Waals surface area contributed by atoms with Gasteiger partial charge in [-0.2, -0.15) is 10.4 Å². The molecule has 0 saturated carbocycles. The number of hydrogen-bond donors (Lipinski definition) is 1. The van der Waals surface area contributed by atoms with Crippen LogP contribution in [0.1, 0.15) is 22.4 Å². The summed E-state index contributed by atoms with van der Waals surface area (Å²) in [7, 11) is 1.50. The lowest BCUT2D eigenvalue weighted by atomic mass is 10.0. The van der Waals surface area contributed by atoms with Crippen molar-refractivity contribution >= 4 is 57.0 Å². The lowest BCUT2D eigenvalue weighted by molar-refractivity contribution is -0.114. The molecule has 0 aliphatic heterocycles. The first-order chi connectivity index (χ1) is 13.9. The van der Waals surface area contributed by atoms with E-state index < -0.39 is 11.7 Å². The van der Waals surface area contributed by atoms with Gasteiger partial charge in [-0.3, -0.25) is 4.79 Å². The molecule has 0 bridgehead atoms. The number of aromatic nitrogens is 3. The minimum absolute atomic E-state index is 0.269. The summed E-state index contributed by atoms with van der Waals surface area (Å²) in [5, 5.41) is 17.1. The van der Waals surface area contributed by atoms with Gasteiger partial charge in [0.2, 0.25) is 5.88 Å². The normalized spacial score (nSPS) is 11.8. The molecule has 3 aromatic rings. The molecule has 1 amide bonds. The molecule has 10 heteroatoms. The third-order valence-corrected chi connectivity index (χ3v) is 6.15. The monoisotopic (exact) mass is 523 g/mol. The van der Waals surface area contributed by atoms with Gasteiger partial charge in [-0.25, -0.2) is 13.8 Å². The highest BCUT2D eigenvalue weighted by Crippen LogP contribution is 2.32. The van der Waals surface area contributed by atoms with Gasteiger partial charge in [-0.05, 0) is 53.1 Å². The first-order valence-electron chi connectivity index (χ1n) is 8.37. The van der Waals surface area contributed by atoms with E-state index in [2.05, 4.69) is 43.5 Å². The van der Waals surface area contributed by atoms with Crippen molar-refractivity contribution in [3.63, 3.8) is 0 Å². The fourth-order valence-electron chi connectivity index (χ4n) is 2.90. The molecule has 148 valence electrons. The van der Waals surface area contributed by atoms with Crippen LogP contribution >= 0.6 is 28.4 Å². The number of rotatable bonds is 5. The molecule has 2 aromatic heterocycles.